The van der Waals surface area contributed by atoms with Crippen LogP contribution in [0.4, 0.5) is 0 Å². The van der Waals surface area contributed by atoms with Gasteiger partial charge in [-0.1, -0.05) is 25.5 Å². The van der Waals surface area contributed by atoms with Crippen LogP contribution in [0.1, 0.15) is 39.2 Å². The van der Waals surface area contributed by atoms with Crippen LogP contribution in [0.15, 0.2) is 45.1 Å². The normalized spacial score (nSPS) is 17.7. The Balaban J connectivity index is 1.99. The van der Waals surface area contributed by atoms with Gasteiger partial charge in [-0.2, -0.15) is 0 Å². The fourth-order valence-corrected chi connectivity index (χ4v) is 4.92. The van der Waals surface area contributed by atoms with E-state index in [1.807, 2.05) is 0 Å². The Bertz CT molecular complexity index is 1330. The topological polar surface area (TPSA) is 120 Å². The van der Waals surface area contributed by atoms with Crippen molar-refractivity contribution in [3.63, 3.8) is 0 Å². The summed E-state index contributed by atoms with van der Waals surface area (Å²) in [6.07, 6.45) is 4.56. The molecule has 1 heterocycles. The van der Waals surface area contributed by atoms with E-state index in [9.17, 15) is 25.2 Å². The lowest BCUT2D eigenvalue weighted by Crippen LogP contribution is -2.29. The fourth-order valence-electron chi connectivity index (χ4n) is 4.92. The van der Waals surface area contributed by atoms with Crippen molar-refractivity contribution >= 4 is 11.0 Å². The highest BCUT2D eigenvalue weighted by molar-refractivity contribution is 5.88. The van der Waals surface area contributed by atoms with Crippen molar-refractivity contribution in [2.24, 2.45) is 11.3 Å². The molecule has 0 unspecified atom stereocenters. The highest BCUT2D eigenvalue weighted by Gasteiger charge is 2.35. The van der Waals surface area contributed by atoms with Crippen molar-refractivity contribution in [2.45, 2.75) is 40.0 Å². The molecule has 0 fully saturated rings. The smallest absolute Gasteiger partial charge is 0.239 e. The Morgan fingerprint density at radius 2 is 1.85 bits per heavy atom. The maximum absolute atomic E-state index is 13.1. The molecule has 1 atom stereocenters. The van der Waals surface area contributed by atoms with Crippen LogP contribution >= 0.6 is 0 Å². The van der Waals surface area contributed by atoms with Gasteiger partial charge in [0.15, 0.2) is 17.3 Å². The van der Waals surface area contributed by atoms with Crippen molar-refractivity contribution in [2.75, 3.05) is 7.11 Å². The number of benzene rings is 2. The van der Waals surface area contributed by atoms with E-state index in [-0.39, 0.29) is 51.1 Å². The van der Waals surface area contributed by atoms with E-state index in [4.69, 9.17) is 9.15 Å². The van der Waals surface area contributed by atoms with Gasteiger partial charge in [0.05, 0.1) is 7.11 Å². The number of hydrogen-bond acceptors (Lipinski definition) is 7. The SMILES string of the molecule is COc1c(-c2ccc(O)c(O)c2C[C@@H]2C(C)=CCCC2(C)C)oc2cc(O)cc(O)c2c1=O. The largest absolute Gasteiger partial charge is 0.508 e. The zero-order valence-corrected chi connectivity index (χ0v) is 19.1. The highest BCUT2D eigenvalue weighted by Crippen LogP contribution is 2.48. The third-order valence-electron chi connectivity index (χ3n) is 6.78. The Labute approximate surface area is 191 Å². The molecule has 4 rings (SSSR count). The summed E-state index contributed by atoms with van der Waals surface area (Å²) in [5.74, 6) is -1.28. The molecule has 0 saturated heterocycles. The summed E-state index contributed by atoms with van der Waals surface area (Å²) in [5.41, 5.74) is 1.33. The van der Waals surface area contributed by atoms with Gasteiger partial charge in [-0.3, -0.25) is 4.79 Å². The van der Waals surface area contributed by atoms with E-state index in [2.05, 4.69) is 26.8 Å². The lowest BCUT2D eigenvalue weighted by atomic mass is 9.66. The van der Waals surface area contributed by atoms with Gasteiger partial charge in [0, 0.05) is 23.3 Å². The summed E-state index contributed by atoms with van der Waals surface area (Å²) >= 11 is 0. The van der Waals surface area contributed by atoms with Gasteiger partial charge in [-0.15, -0.1) is 0 Å². The number of fused-ring (bicyclic) bond motifs is 1. The first-order valence-corrected chi connectivity index (χ1v) is 10.8. The van der Waals surface area contributed by atoms with Crippen LogP contribution in [-0.4, -0.2) is 27.5 Å². The second-order valence-electron chi connectivity index (χ2n) is 9.32. The maximum atomic E-state index is 13.1. The number of allylic oxidation sites excluding steroid dienone is 2. The molecule has 7 nitrogen and oxygen atoms in total. The average molecular weight is 453 g/mol. The second-order valence-corrected chi connectivity index (χ2v) is 9.32. The van der Waals surface area contributed by atoms with Gasteiger partial charge in [-0.05, 0) is 49.7 Å². The van der Waals surface area contributed by atoms with Crippen LogP contribution in [-0.2, 0) is 6.42 Å². The number of methoxy groups -OCH3 is 1. The van der Waals surface area contributed by atoms with E-state index in [1.165, 1.54) is 24.8 Å². The monoisotopic (exact) mass is 452 g/mol. The number of ether oxygens (including phenoxy) is 1. The molecule has 1 aromatic heterocycles. The molecule has 0 radical (unpaired) electrons. The van der Waals surface area contributed by atoms with Crippen LogP contribution in [0.5, 0.6) is 28.7 Å². The summed E-state index contributed by atoms with van der Waals surface area (Å²) in [4.78, 5) is 13.1. The lowest BCUT2D eigenvalue weighted by molar-refractivity contribution is 0.212. The predicted octanol–water partition coefficient (Wildman–Crippen LogP) is 5.22. The Morgan fingerprint density at radius 1 is 1.12 bits per heavy atom. The van der Waals surface area contributed by atoms with Crippen LogP contribution in [0.2, 0.25) is 0 Å². The molecule has 33 heavy (non-hydrogen) atoms. The van der Waals surface area contributed by atoms with Crippen molar-refractivity contribution in [1.29, 1.82) is 0 Å². The number of aromatic hydroxyl groups is 4. The van der Waals surface area contributed by atoms with E-state index >= 15 is 0 Å². The van der Waals surface area contributed by atoms with Crippen molar-refractivity contribution in [1.82, 2.24) is 0 Å². The molecule has 174 valence electrons. The fraction of sp³-hybridized carbons (Fsp3) is 0.346. The molecule has 0 bridgehead atoms. The van der Waals surface area contributed by atoms with Crippen LogP contribution in [0.3, 0.4) is 0 Å². The first-order valence-electron chi connectivity index (χ1n) is 10.8. The third kappa shape index (κ3) is 3.77. The minimum absolute atomic E-state index is 0.0270. The number of phenols is 4. The standard InChI is InChI=1S/C26H28O7/c1-13-6-5-9-26(2,3)17(13)12-16-15(7-8-18(28)22(16)30)24-25(32-4)23(31)21-19(29)10-14(27)11-20(21)33-24/h6-8,10-11,17,27-30H,5,9,12H2,1-4H3/t17-/m1/s1. The minimum Gasteiger partial charge on any atom is -0.508 e. The molecular weight excluding hydrogens is 424 g/mol. The van der Waals surface area contributed by atoms with Crippen LogP contribution < -0.4 is 10.2 Å². The summed E-state index contributed by atoms with van der Waals surface area (Å²) < 4.78 is 11.3. The number of hydrogen-bond donors (Lipinski definition) is 4. The first kappa shape index (κ1) is 22.6. The van der Waals surface area contributed by atoms with Gasteiger partial charge in [0.1, 0.15) is 22.5 Å². The average Bonchev–Trinajstić information content (AvgIpc) is 2.72. The maximum Gasteiger partial charge on any atom is 0.239 e. The summed E-state index contributed by atoms with van der Waals surface area (Å²) in [6, 6.07) is 5.17. The molecule has 0 amide bonds. The van der Waals surface area contributed by atoms with E-state index in [0.717, 1.165) is 18.9 Å². The van der Waals surface area contributed by atoms with Crippen molar-refractivity contribution in [3.8, 4) is 40.1 Å². The molecule has 0 aliphatic heterocycles. The third-order valence-corrected chi connectivity index (χ3v) is 6.78. The summed E-state index contributed by atoms with van der Waals surface area (Å²) in [6.45, 7) is 6.42. The molecule has 4 N–H and O–H groups in total. The quantitative estimate of drug-likeness (QED) is 0.316. The summed E-state index contributed by atoms with van der Waals surface area (Å²) in [5, 5.41) is 41.1. The zero-order valence-electron chi connectivity index (χ0n) is 19.1. The minimum atomic E-state index is -0.612. The lowest BCUT2D eigenvalue weighted by Gasteiger charge is -2.39. The Morgan fingerprint density at radius 3 is 2.52 bits per heavy atom. The molecular formula is C26H28O7. The highest BCUT2D eigenvalue weighted by atomic mass is 16.5. The van der Waals surface area contributed by atoms with Gasteiger partial charge < -0.3 is 29.6 Å². The summed E-state index contributed by atoms with van der Waals surface area (Å²) in [7, 11) is 1.32. The first-order chi connectivity index (χ1) is 15.5. The van der Waals surface area contributed by atoms with Gasteiger partial charge in [0.25, 0.3) is 0 Å². The molecule has 7 heteroatoms. The Kier molecular flexibility index (Phi) is 5.52. The second kappa shape index (κ2) is 8.06. The Hall–Kier alpha value is -3.61. The number of phenolic OH excluding ortho intramolecular Hbond substituents is 4. The van der Waals surface area contributed by atoms with Crippen LogP contribution in [0, 0.1) is 11.3 Å². The van der Waals surface area contributed by atoms with Gasteiger partial charge in [-0.25, -0.2) is 0 Å². The van der Waals surface area contributed by atoms with E-state index in [0.29, 0.717) is 17.5 Å². The molecule has 1 aliphatic carbocycles. The van der Waals surface area contributed by atoms with Gasteiger partial charge in [0.2, 0.25) is 11.2 Å². The predicted molar refractivity (Wildman–Crippen MR) is 125 cm³/mol. The molecule has 2 aromatic carbocycles. The van der Waals surface area contributed by atoms with Crippen LogP contribution in [0.25, 0.3) is 22.3 Å². The number of rotatable bonds is 4. The van der Waals surface area contributed by atoms with Crippen molar-refractivity contribution in [3.05, 3.63) is 51.7 Å². The van der Waals surface area contributed by atoms with Crippen molar-refractivity contribution < 1.29 is 29.6 Å². The van der Waals surface area contributed by atoms with Gasteiger partial charge >= 0.3 is 0 Å². The zero-order chi connectivity index (χ0) is 24.1. The molecule has 3 aromatic rings. The molecule has 0 spiro atoms. The van der Waals surface area contributed by atoms with E-state index in [1.54, 1.807) is 6.07 Å². The molecule has 0 saturated carbocycles. The molecule has 1 aliphatic rings. The van der Waals surface area contributed by atoms with E-state index < -0.39 is 11.2 Å².